The summed E-state index contributed by atoms with van der Waals surface area (Å²) in [5.74, 6) is 0. The molecule has 14 heavy (non-hydrogen) atoms. The van der Waals surface area contributed by atoms with Crippen molar-refractivity contribution in [2.45, 2.75) is 20.3 Å². The summed E-state index contributed by atoms with van der Waals surface area (Å²) < 4.78 is 0. The molecule has 0 saturated carbocycles. The summed E-state index contributed by atoms with van der Waals surface area (Å²) in [5.41, 5.74) is 3.98. The van der Waals surface area contributed by atoms with Crippen molar-refractivity contribution in [1.29, 1.82) is 0 Å². The molecule has 1 aromatic rings. The summed E-state index contributed by atoms with van der Waals surface area (Å²) in [5, 5.41) is 3.49. The van der Waals surface area contributed by atoms with E-state index in [9.17, 15) is 0 Å². The largest absolute Gasteiger partial charge is 0.383 e. The Kier molecular flexibility index (Phi) is 2.62. The van der Waals surface area contributed by atoms with Gasteiger partial charge in [0.25, 0.3) is 0 Å². The van der Waals surface area contributed by atoms with Crippen molar-refractivity contribution < 1.29 is 0 Å². The summed E-state index contributed by atoms with van der Waals surface area (Å²) in [6.07, 6.45) is 1.22. The van der Waals surface area contributed by atoms with Gasteiger partial charge in [0.15, 0.2) is 0 Å². The Hall–Kier alpha value is -1.18. The van der Waals surface area contributed by atoms with E-state index in [1.165, 1.54) is 29.9 Å². The smallest absolute Gasteiger partial charge is 0.0602 e. The van der Waals surface area contributed by atoms with Crippen LogP contribution in [0.2, 0.25) is 0 Å². The molecule has 0 aliphatic carbocycles. The third kappa shape index (κ3) is 1.69. The number of benzene rings is 1. The van der Waals surface area contributed by atoms with Crippen molar-refractivity contribution >= 4 is 11.4 Å². The van der Waals surface area contributed by atoms with Crippen LogP contribution in [0.3, 0.4) is 0 Å². The maximum Gasteiger partial charge on any atom is 0.0602 e. The molecule has 1 aromatic carbocycles. The molecule has 0 atom stereocenters. The van der Waals surface area contributed by atoms with Crippen molar-refractivity contribution in [2.24, 2.45) is 0 Å². The number of fused-ring (bicyclic) bond motifs is 1. The SMILES string of the molecule is CCN1CCCNc2cc(C)ccc21. The summed E-state index contributed by atoms with van der Waals surface area (Å²) in [4.78, 5) is 2.44. The van der Waals surface area contributed by atoms with Crippen LogP contribution >= 0.6 is 0 Å². The second-order valence-corrected chi connectivity index (χ2v) is 3.88. The Morgan fingerprint density at radius 2 is 2.29 bits per heavy atom. The zero-order valence-corrected chi connectivity index (χ0v) is 9.01. The van der Waals surface area contributed by atoms with Crippen LogP contribution in [-0.2, 0) is 0 Å². The fourth-order valence-corrected chi connectivity index (χ4v) is 2.01. The summed E-state index contributed by atoms with van der Waals surface area (Å²) in [7, 11) is 0. The molecule has 2 rings (SSSR count). The first-order valence-corrected chi connectivity index (χ1v) is 5.40. The van der Waals surface area contributed by atoms with Crippen molar-refractivity contribution in [3.8, 4) is 0 Å². The molecule has 2 nitrogen and oxygen atoms in total. The topological polar surface area (TPSA) is 15.3 Å². The lowest BCUT2D eigenvalue weighted by atomic mass is 10.2. The van der Waals surface area contributed by atoms with E-state index < -0.39 is 0 Å². The standard InChI is InChI=1S/C12H18N2/c1-3-14-8-4-7-13-11-9-10(2)5-6-12(11)14/h5-6,9,13H,3-4,7-8H2,1-2H3. The summed E-state index contributed by atoms with van der Waals surface area (Å²) in [6, 6.07) is 6.66. The van der Waals surface area contributed by atoms with Gasteiger partial charge in [-0.1, -0.05) is 6.07 Å². The predicted octanol–water partition coefficient (Wildman–Crippen LogP) is 2.64. The molecule has 0 saturated heterocycles. The first-order chi connectivity index (χ1) is 6.81. The molecule has 1 heterocycles. The molecule has 0 fully saturated rings. The van der Waals surface area contributed by atoms with E-state index in [1.54, 1.807) is 0 Å². The second kappa shape index (κ2) is 3.91. The van der Waals surface area contributed by atoms with Crippen molar-refractivity contribution in [1.82, 2.24) is 0 Å². The first kappa shape index (κ1) is 9.38. The Morgan fingerprint density at radius 3 is 3.07 bits per heavy atom. The maximum atomic E-state index is 3.49. The van der Waals surface area contributed by atoms with E-state index in [4.69, 9.17) is 0 Å². The second-order valence-electron chi connectivity index (χ2n) is 3.88. The Labute approximate surface area is 85.9 Å². The van der Waals surface area contributed by atoms with Gasteiger partial charge >= 0.3 is 0 Å². The average molecular weight is 190 g/mol. The zero-order valence-electron chi connectivity index (χ0n) is 9.01. The van der Waals surface area contributed by atoms with Crippen LogP contribution in [0.1, 0.15) is 18.9 Å². The lowest BCUT2D eigenvalue weighted by Gasteiger charge is -2.22. The van der Waals surface area contributed by atoms with E-state index in [-0.39, 0.29) is 0 Å². The van der Waals surface area contributed by atoms with E-state index in [1.807, 2.05) is 0 Å². The van der Waals surface area contributed by atoms with Gasteiger partial charge in [0.05, 0.1) is 11.4 Å². The summed E-state index contributed by atoms with van der Waals surface area (Å²) >= 11 is 0. The molecule has 1 N–H and O–H groups in total. The Balaban J connectivity index is 2.39. The van der Waals surface area contributed by atoms with Gasteiger partial charge in [-0.25, -0.2) is 0 Å². The number of hydrogen-bond acceptors (Lipinski definition) is 2. The minimum atomic E-state index is 1.09. The van der Waals surface area contributed by atoms with Crippen LogP contribution in [0.4, 0.5) is 11.4 Å². The van der Waals surface area contributed by atoms with Crippen LogP contribution in [0.5, 0.6) is 0 Å². The molecule has 0 spiro atoms. The van der Waals surface area contributed by atoms with Gasteiger partial charge in [-0.15, -0.1) is 0 Å². The molecule has 1 aliphatic heterocycles. The van der Waals surface area contributed by atoms with Gasteiger partial charge in [0, 0.05) is 19.6 Å². The molecular formula is C12H18N2. The highest BCUT2D eigenvalue weighted by molar-refractivity contribution is 5.71. The van der Waals surface area contributed by atoms with E-state index in [0.29, 0.717) is 0 Å². The molecule has 2 heteroatoms. The number of anilines is 2. The monoisotopic (exact) mass is 190 g/mol. The average Bonchev–Trinajstić information content (AvgIpc) is 2.38. The maximum absolute atomic E-state index is 3.49. The normalized spacial score (nSPS) is 15.7. The number of aryl methyl sites for hydroxylation is 1. The molecule has 76 valence electrons. The minimum Gasteiger partial charge on any atom is -0.383 e. The number of nitrogens with zero attached hydrogens (tertiary/aromatic N) is 1. The van der Waals surface area contributed by atoms with Gasteiger partial charge < -0.3 is 10.2 Å². The van der Waals surface area contributed by atoms with E-state index in [0.717, 1.165) is 13.1 Å². The predicted molar refractivity (Wildman–Crippen MR) is 62.2 cm³/mol. The molecule has 1 aliphatic rings. The van der Waals surface area contributed by atoms with Crippen molar-refractivity contribution in [3.05, 3.63) is 23.8 Å². The van der Waals surface area contributed by atoms with Gasteiger partial charge in [0.1, 0.15) is 0 Å². The molecule has 0 amide bonds. The van der Waals surface area contributed by atoms with Crippen LogP contribution < -0.4 is 10.2 Å². The highest BCUT2D eigenvalue weighted by Gasteiger charge is 2.12. The highest BCUT2D eigenvalue weighted by atomic mass is 15.2. The van der Waals surface area contributed by atoms with Gasteiger partial charge in [-0.2, -0.15) is 0 Å². The molecule has 0 bridgehead atoms. The zero-order chi connectivity index (χ0) is 9.97. The summed E-state index contributed by atoms with van der Waals surface area (Å²) in [6.45, 7) is 7.71. The molecule has 0 radical (unpaired) electrons. The molecule has 0 unspecified atom stereocenters. The quantitative estimate of drug-likeness (QED) is 0.732. The van der Waals surface area contributed by atoms with Gasteiger partial charge in [0.2, 0.25) is 0 Å². The number of nitrogens with one attached hydrogen (secondary N) is 1. The fourth-order valence-electron chi connectivity index (χ4n) is 2.01. The lowest BCUT2D eigenvalue weighted by Crippen LogP contribution is -2.23. The lowest BCUT2D eigenvalue weighted by molar-refractivity contribution is 0.786. The van der Waals surface area contributed by atoms with Crippen molar-refractivity contribution in [2.75, 3.05) is 29.9 Å². The first-order valence-electron chi connectivity index (χ1n) is 5.40. The number of rotatable bonds is 1. The van der Waals surface area contributed by atoms with Gasteiger partial charge in [-0.05, 0) is 38.0 Å². The van der Waals surface area contributed by atoms with E-state index in [2.05, 4.69) is 42.3 Å². The van der Waals surface area contributed by atoms with Crippen LogP contribution in [0, 0.1) is 6.92 Å². The van der Waals surface area contributed by atoms with Crippen molar-refractivity contribution in [3.63, 3.8) is 0 Å². The fraction of sp³-hybridized carbons (Fsp3) is 0.500. The van der Waals surface area contributed by atoms with Crippen LogP contribution in [0.25, 0.3) is 0 Å². The van der Waals surface area contributed by atoms with E-state index >= 15 is 0 Å². The van der Waals surface area contributed by atoms with Crippen LogP contribution in [0.15, 0.2) is 18.2 Å². The third-order valence-electron chi connectivity index (χ3n) is 2.79. The minimum absolute atomic E-state index is 1.09. The Bertz CT molecular complexity index is 320. The Morgan fingerprint density at radius 1 is 1.43 bits per heavy atom. The molecule has 0 aromatic heterocycles. The molecular weight excluding hydrogens is 172 g/mol. The number of hydrogen-bond donors (Lipinski definition) is 1. The third-order valence-corrected chi connectivity index (χ3v) is 2.79. The highest BCUT2D eigenvalue weighted by Crippen LogP contribution is 2.28. The van der Waals surface area contributed by atoms with Gasteiger partial charge in [-0.3, -0.25) is 0 Å². The van der Waals surface area contributed by atoms with Crippen LogP contribution in [-0.4, -0.2) is 19.6 Å².